The topological polar surface area (TPSA) is 69.0 Å². The van der Waals surface area contributed by atoms with Gasteiger partial charge in [-0.2, -0.15) is 0 Å². The molecule has 3 rings (SSSR count). The van der Waals surface area contributed by atoms with Gasteiger partial charge in [0.05, 0.1) is 12.9 Å². The first-order valence-corrected chi connectivity index (χ1v) is 10.2. The third-order valence-corrected chi connectivity index (χ3v) is 5.16. The number of thioether (sulfide) groups is 1. The molecule has 1 amide bonds. The second kappa shape index (κ2) is 9.41. The zero-order valence-corrected chi connectivity index (χ0v) is 17.1. The molecule has 0 saturated carbocycles. The van der Waals surface area contributed by atoms with Crippen LogP contribution in [0.3, 0.4) is 0 Å². The van der Waals surface area contributed by atoms with E-state index in [-0.39, 0.29) is 11.7 Å². The van der Waals surface area contributed by atoms with Crippen molar-refractivity contribution in [1.82, 2.24) is 14.8 Å². The number of hydrogen-bond acceptors (Lipinski definition) is 5. The highest BCUT2D eigenvalue weighted by Crippen LogP contribution is 2.23. The van der Waals surface area contributed by atoms with Gasteiger partial charge in [0.2, 0.25) is 5.91 Å². The van der Waals surface area contributed by atoms with E-state index in [0.29, 0.717) is 5.16 Å². The van der Waals surface area contributed by atoms with Gasteiger partial charge >= 0.3 is 0 Å². The highest BCUT2D eigenvalue weighted by molar-refractivity contribution is 7.99. The SMILES string of the molecule is CCCc1ccc(NC(=O)CSc2nnc(C)n2-c2ccc(OC)cc2)cc1. The molecule has 0 bridgehead atoms. The second-order valence-electron chi connectivity index (χ2n) is 6.35. The highest BCUT2D eigenvalue weighted by atomic mass is 32.2. The van der Waals surface area contributed by atoms with Crippen molar-refractivity contribution < 1.29 is 9.53 Å². The van der Waals surface area contributed by atoms with Crippen molar-refractivity contribution in [2.45, 2.75) is 31.8 Å². The number of anilines is 1. The van der Waals surface area contributed by atoms with Gasteiger partial charge in [0.25, 0.3) is 0 Å². The fraction of sp³-hybridized carbons (Fsp3) is 0.286. The summed E-state index contributed by atoms with van der Waals surface area (Å²) in [5, 5.41) is 12.0. The Balaban J connectivity index is 1.63. The molecule has 1 heterocycles. The van der Waals surface area contributed by atoms with Crippen LogP contribution in [-0.2, 0) is 11.2 Å². The van der Waals surface area contributed by atoms with E-state index in [1.54, 1.807) is 7.11 Å². The third kappa shape index (κ3) is 4.92. The van der Waals surface area contributed by atoms with E-state index in [2.05, 4.69) is 34.6 Å². The van der Waals surface area contributed by atoms with Crippen molar-refractivity contribution in [3.8, 4) is 11.4 Å². The first kappa shape index (κ1) is 19.9. The van der Waals surface area contributed by atoms with E-state index in [1.165, 1.54) is 17.3 Å². The van der Waals surface area contributed by atoms with Crippen molar-refractivity contribution >= 4 is 23.4 Å². The molecule has 28 heavy (non-hydrogen) atoms. The number of nitrogens with one attached hydrogen (secondary N) is 1. The molecule has 3 aromatic rings. The van der Waals surface area contributed by atoms with E-state index in [1.807, 2.05) is 47.9 Å². The van der Waals surface area contributed by atoms with Crippen molar-refractivity contribution in [1.29, 1.82) is 0 Å². The number of ether oxygens (including phenoxy) is 1. The van der Waals surface area contributed by atoms with E-state index in [4.69, 9.17) is 4.74 Å². The van der Waals surface area contributed by atoms with Gasteiger partial charge in [-0.25, -0.2) is 0 Å². The number of rotatable bonds is 8. The summed E-state index contributed by atoms with van der Waals surface area (Å²) < 4.78 is 7.13. The lowest BCUT2D eigenvalue weighted by molar-refractivity contribution is -0.113. The second-order valence-corrected chi connectivity index (χ2v) is 7.29. The first-order chi connectivity index (χ1) is 13.6. The van der Waals surface area contributed by atoms with Gasteiger partial charge in [0, 0.05) is 11.4 Å². The zero-order valence-electron chi connectivity index (χ0n) is 16.3. The molecule has 0 fully saturated rings. The molecule has 0 saturated heterocycles. The van der Waals surface area contributed by atoms with Crippen LogP contribution in [0.15, 0.2) is 53.7 Å². The number of aryl methyl sites for hydroxylation is 2. The average molecular weight is 397 g/mol. The Morgan fingerprint density at radius 3 is 2.46 bits per heavy atom. The third-order valence-electron chi connectivity index (χ3n) is 4.23. The normalized spacial score (nSPS) is 10.7. The number of carbonyl (C=O) groups is 1. The Bertz CT molecular complexity index is 921. The van der Waals surface area contributed by atoms with Gasteiger partial charge < -0.3 is 10.1 Å². The minimum absolute atomic E-state index is 0.0739. The number of benzene rings is 2. The molecule has 0 spiro atoms. The van der Waals surface area contributed by atoms with Crippen LogP contribution >= 0.6 is 11.8 Å². The number of carbonyl (C=O) groups excluding carboxylic acids is 1. The van der Waals surface area contributed by atoms with Crippen LogP contribution in [0.2, 0.25) is 0 Å². The molecule has 7 heteroatoms. The number of nitrogens with zero attached hydrogens (tertiary/aromatic N) is 3. The smallest absolute Gasteiger partial charge is 0.234 e. The summed E-state index contributed by atoms with van der Waals surface area (Å²) in [5.74, 6) is 1.73. The quantitative estimate of drug-likeness (QED) is 0.576. The van der Waals surface area contributed by atoms with Gasteiger partial charge in [-0.15, -0.1) is 10.2 Å². The minimum Gasteiger partial charge on any atom is -0.497 e. The van der Waals surface area contributed by atoms with E-state index in [0.717, 1.165) is 35.8 Å². The number of hydrogen-bond donors (Lipinski definition) is 1. The van der Waals surface area contributed by atoms with Crippen LogP contribution < -0.4 is 10.1 Å². The first-order valence-electron chi connectivity index (χ1n) is 9.18. The van der Waals surface area contributed by atoms with Gasteiger partial charge in [0.1, 0.15) is 11.6 Å². The Morgan fingerprint density at radius 1 is 1.11 bits per heavy atom. The molecule has 6 nitrogen and oxygen atoms in total. The van der Waals surface area contributed by atoms with Crippen LogP contribution in [0, 0.1) is 6.92 Å². The zero-order chi connectivity index (χ0) is 19.9. The van der Waals surface area contributed by atoms with Crippen LogP contribution in [0.4, 0.5) is 5.69 Å². The average Bonchev–Trinajstić information content (AvgIpc) is 3.08. The summed E-state index contributed by atoms with van der Waals surface area (Å²) in [7, 11) is 1.64. The van der Waals surface area contributed by atoms with Gasteiger partial charge in [-0.05, 0) is 55.3 Å². The number of amides is 1. The van der Waals surface area contributed by atoms with Crippen molar-refractivity contribution in [3.05, 3.63) is 59.9 Å². The van der Waals surface area contributed by atoms with Crippen LogP contribution in [0.1, 0.15) is 24.7 Å². The summed E-state index contributed by atoms with van der Waals surface area (Å²) in [6, 6.07) is 15.6. The Morgan fingerprint density at radius 2 is 1.82 bits per heavy atom. The Kier molecular flexibility index (Phi) is 6.71. The number of methoxy groups -OCH3 is 1. The maximum Gasteiger partial charge on any atom is 0.234 e. The molecule has 0 aliphatic carbocycles. The van der Waals surface area contributed by atoms with E-state index >= 15 is 0 Å². The minimum atomic E-state index is -0.0739. The van der Waals surface area contributed by atoms with Gasteiger partial charge in [0.15, 0.2) is 5.16 Å². The molecule has 146 valence electrons. The lowest BCUT2D eigenvalue weighted by Gasteiger charge is -2.09. The van der Waals surface area contributed by atoms with Gasteiger partial charge in [-0.3, -0.25) is 9.36 Å². The molecule has 1 N–H and O–H groups in total. The van der Waals surface area contributed by atoms with Crippen LogP contribution in [-0.4, -0.2) is 33.5 Å². The van der Waals surface area contributed by atoms with Gasteiger partial charge in [-0.1, -0.05) is 37.2 Å². The van der Waals surface area contributed by atoms with E-state index in [9.17, 15) is 4.79 Å². The molecule has 0 unspecified atom stereocenters. The molecule has 0 atom stereocenters. The standard InChI is InChI=1S/C21H24N4O2S/c1-4-5-16-6-8-17(9-7-16)22-20(26)14-28-21-24-23-15(2)25(21)18-10-12-19(27-3)13-11-18/h6-13H,4-5,14H2,1-3H3,(H,22,26). The summed E-state index contributed by atoms with van der Waals surface area (Å²) in [5.41, 5.74) is 3.01. The predicted octanol–water partition coefficient (Wildman–Crippen LogP) is 4.27. The summed E-state index contributed by atoms with van der Waals surface area (Å²) in [4.78, 5) is 12.3. The summed E-state index contributed by atoms with van der Waals surface area (Å²) >= 11 is 1.36. The molecule has 1 aromatic heterocycles. The van der Waals surface area contributed by atoms with Crippen molar-refractivity contribution in [3.63, 3.8) is 0 Å². The van der Waals surface area contributed by atoms with Crippen molar-refractivity contribution in [2.24, 2.45) is 0 Å². The lowest BCUT2D eigenvalue weighted by atomic mass is 10.1. The Labute approximate surface area is 169 Å². The molecule has 0 radical (unpaired) electrons. The molecule has 2 aromatic carbocycles. The molecule has 0 aliphatic heterocycles. The highest BCUT2D eigenvalue weighted by Gasteiger charge is 2.13. The van der Waals surface area contributed by atoms with Crippen molar-refractivity contribution in [2.75, 3.05) is 18.2 Å². The maximum absolute atomic E-state index is 12.3. The van der Waals surface area contributed by atoms with E-state index < -0.39 is 0 Å². The fourth-order valence-electron chi connectivity index (χ4n) is 2.84. The Hall–Kier alpha value is -2.80. The van der Waals surface area contributed by atoms with Crippen LogP contribution in [0.5, 0.6) is 5.75 Å². The maximum atomic E-state index is 12.3. The predicted molar refractivity (Wildman–Crippen MR) is 112 cm³/mol. The molecule has 0 aliphatic rings. The lowest BCUT2D eigenvalue weighted by Crippen LogP contribution is -2.14. The summed E-state index contributed by atoms with van der Waals surface area (Å²) in [6.07, 6.45) is 2.15. The fourth-order valence-corrected chi connectivity index (χ4v) is 3.63. The molecular weight excluding hydrogens is 372 g/mol. The molecular formula is C21H24N4O2S. The largest absolute Gasteiger partial charge is 0.497 e. The monoisotopic (exact) mass is 396 g/mol. The van der Waals surface area contributed by atoms with Crippen LogP contribution in [0.25, 0.3) is 5.69 Å². The number of aromatic nitrogens is 3. The summed E-state index contributed by atoms with van der Waals surface area (Å²) in [6.45, 7) is 4.04.